The Morgan fingerprint density at radius 2 is 1.92 bits per heavy atom. The Labute approximate surface area is 157 Å². The monoisotopic (exact) mass is 368 g/mol. The number of nitrogens with zero attached hydrogens (tertiary/aromatic N) is 2. The molecule has 7 nitrogen and oxygen atoms in total. The van der Waals surface area contributed by atoms with E-state index in [4.69, 9.17) is 9.47 Å². The van der Waals surface area contributed by atoms with Crippen molar-refractivity contribution in [2.45, 2.75) is 70.2 Å². The van der Waals surface area contributed by atoms with Crippen LogP contribution in [0, 0.1) is 0 Å². The summed E-state index contributed by atoms with van der Waals surface area (Å²) in [6.07, 6.45) is 9.09. The lowest BCUT2D eigenvalue weighted by molar-refractivity contribution is -0.175. The molecule has 1 aliphatic carbocycles. The second-order valence-corrected chi connectivity index (χ2v) is 7.49. The van der Waals surface area contributed by atoms with Crippen LogP contribution >= 0.6 is 0 Å². The fourth-order valence-corrected chi connectivity index (χ4v) is 3.30. The maximum atomic E-state index is 11.8. The van der Waals surface area contributed by atoms with Gasteiger partial charge in [-0.25, -0.2) is 4.99 Å². The van der Waals surface area contributed by atoms with Crippen LogP contribution in [0.25, 0.3) is 0 Å². The van der Waals surface area contributed by atoms with Crippen LogP contribution in [0.1, 0.15) is 58.3 Å². The summed E-state index contributed by atoms with van der Waals surface area (Å²) >= 11 is 0. The van der Waals surface area contributed by atoms with Gasteiger partial charge in [0.15, 0.2) is 11.7 Å². The highest BCUT2D eigenvalue weighted by atomic mass is 16.7. The third-order valence-corrected chi connectivity index (χ3v) is 4.97. The molecular weight excluding hydrogens is 332 g/mol. The second-order valence-electron chi connectivity index (χ2n) is 7.49. The predicted octanol–water partition coefficient (Wildman–Crippen LogP) is 1.88. The van der Waals surface area contributed by atoms with Crippen LogP contribution in [-0.2, 0) is 14.3 Å². The first-order valence-electron chi connectivity index (χ1n) is 10.1. The zero-order valence-electron chi connectivity index (χ0n) is 16.7. The molecule has 0 bridgehead atoms. The number of amides is 1. The quantitative estimate of drug-likeness (QED) is 0.408. The number of rotatable bonds is 7. The van der Waals surface area contributed by atoms with Crippen LogP contribution < -0.4 is 10.6 Å². The van der Waals surface area contributed by atoms with Crippen molar-refractivity contribution in [3.8, 4) is 0 Å². The van der Waals surface area contributed by atoms with Crippen LogP contribution in [0.3, 0.4) is 0 Å². The van der Waals surface area contributed by atoms with Crippen molar-refractivity contribution < 1.29 is 14.3 Å². The molecule has 2 aliphatic rings. The summed E-state index contributed by atoms with van der Waals surface area (Å²) in [6.45, 7) is 4.38. The predicted molar refractivity (Wildman–Crippen MR) is 103 cm³/mol. The maximum absolute atomic E-state index is 11.8. The highest BCUT2D eigenvalue weighted by Gasteiger charge is 2.41. The van der Waals surface area contributed by atoms with Gasteiger partial charge >= 0.3 is 0 Å². The fraction of sp³-hybridized carbons (Fsp3) is 0.895. The number of carbonyl (C=O) groups excluding carboxylic acids is 1. The zero-order valence-corrected chi connectivity index (χ0v) is 16.7. The third-order valence-electron chi connectivity index (χ3n) is 4.97. The SMILES string of the molecule is CCCCNC(=NCC(=O)N(C)C)NCC1COC2(CCCCCC2)O1. The molecule has 1 saturated heterocycles. The first kappa shape index (κ1) is 21.0. The van der Waals surface area contributed by atoms with E-state index in [1.807, 2.05) is 0 Å². The highest BCUT2D eigenvalue weighted by Crippen LogP contribution is 2.36. The summed E-state index contributed by atoms with van der Waals surface area (Å²) in [4.78, 5) is 17.7. The zero-order chi connectivity index (χ0) is 18.8. The minimum absolute atomic E-state index is 0.0144. The van der Waals surface area contributed by atoms with E-state index in [9.17, 15) is 4.79 Å². The van der Waals surface area contributed by atoms with Gasteiger partial charge in [0, 0.05) is 40.0 Å². The van der Waals surface area contributed by atoms with Crippen molar-refractivity contribution in [2.24, 2.45) is 4.99 Å². The molecule has 150 valence electrons. The minimum atomic E-state index is -0.364. The van der Waals surface area contributed by atoms with Crippen molar-refractivity contribution in [3.63, 3.8) is 0 Å². The lowest BCUT2D eigenvalue weighted by atomic mass is 10.1. The number of hydrogen-bond donors (Lipinski definition) is 2. The second kappa shape index (κ2) is 10.7. The van der Waals surface area contributed by atoms with Crippen molar-refractivity contribution in [2.75, 3.05) is 40.3 Å². The van der Waals surface area contributed by atoms with Gasteiger partial charge in [-0.05, 0) is 19.3 Å². The first-order chi connectivity index (χ1) is 12.5. The Morgan fingerprint density at radius 1 is 1.19 bits per heavy atom. The smallest absolute Gasteiger partial charge is 0.243 e. The standard InChI is InChI=1S/C19H36N4O3/c1-4-5-12-20-18(22-14-17(24)23(2)3)21-13-16-15-25-19(26-16)10-8-6-7-9-11-19/h16H,4-15H2,1-3H3,(H2,20,21,22). The van der Waals surface area contributed by atoms with Crippen LogP contribution in [-0.4, -0.2) is 69.0 Å². The molecular formula is C19H36N4O3. The Morgan fingerprint density at radius 3 is 2.58 bits per heavy atom. The molecule has 0 radical (unpaired) electrons. The molecule has 1 heterocycles. The molecule has 1 atom stereocenters. The average Bonchev–Trinajstić information content (AvgIpc) is 2.87. The molecule has 26 heavy (non-hydrogen) atoms. The normalized spacial score (nSPS) is 22.9. The number of aliphatic imine (C=N–C) groups is 1. The van der Waals surface area contributed by atoms with Crippen molar-refractivity contribution in [3.05, 3.63) is 0 Å². The molecule has 2 N–H and O–H groups in total. The van der Waals surface area contributed by atoms with Crippen molar-refractivity contribution in [1.82, 2.24) is 15.5 Å². The molecule has 0 aromatic heterocycles. The summed E-state index contributed by atoms with van der Waals surface area (Å²) in [5.41, 5.74) is 0. The molecule has 1 spiro atoms. The topological polar surface area (TPSA) is 75.2 Å². The van der Waals surface area contributed by atoms with Gasteiger partial charge < -0.3 is 25.0 Å². The van der Waals surface area contributed by atoms with Gasteiger partial charge in [-0.3, -0.25) is 4.79 Å². The van der Waals surface area contributed by atoms with Gasteiger partial charge in [-0.1, -0.05) is 26.2 Å². The van der Waals surface area contributed by atoms with Crippen LogP contribution in [0.4, 0.5) is 0 Å². The summed E-state index contributed by atoms with van der Waals surface area (Å²) < 4.78 is 12.3. The molecule has 2 fully saturated rings. The largest absolute Gasteiger partial charge is 0.356 e. The maximum Gasteiger partial charge on any atom is 0.243 e. The number of guanidine groups is 1. The Kier molecular flexibility index (Phi) is 8.65. The molecule has 2 rings (SSSR count). The summed E-state index contributed by atoms with van der Waals surface area (Å²) in [6, 6.07) is 0. The van der Waals surface area contributed by atoms with E-state index in [0.717, 1.165) is 32.2 Å². The number of ether oxygens (including phenoxy) is 2. The van der Waals surface area contributed by atoms with E-state index in [1.54, 1.807) is 19.0 Å². The van der Waals surface area contributed by atoms with Gasteiger partial charge in [0.2, 0.25) is 5.91 Å². The molecule has 1 unspecified atom stereocenters. The van der Waals surface area contributed by atoms with Crippen molar-refractivity contribution in [1.29, 1.82) is 0 Å². The highest BCUT2D eigenvalue weighted by molar-refractivity contribution is 5.84. The summed E-state index contributed by atoms with van der Waals surface area (Å²) in [7, 11) is 3.48. The average molecular weight is 369 g/mol. The lowest BCUT2D eigenvalue weighted by Gasteiger charge is -2.26. The fourth-order valence-electron chi connectivity index (χ4n) is 3.30. The van der Waals surface area contributed by atoms with Gasteiger partial charge in [-0.2, -0.15) is 0 Å². The first-order valence-corrected chi connectivity index (χ1v) is 10.1. The third kappa shape index (κ3) is 6.76. The van der Waals surface area contributed by atoms with Crippen LogP contribution in [0.2, 0.25) is 0 Å². The summed E-state index contributed by atoms with van der Waals surface area (Å²) in [5.74, 6) is 0.287. The summed E-state index contributed by atoms with van der Waals surface area (Å²) in [5, 5.41) is 6.61. The Hall–Kier alpha value is -1.34. The number of likely N-dealkylation sites (N-methyl/N-ethyl adjacent to an activating group) is 1. The van der Waals surface area contributed by atoms with Gasteiger partial charge in [0.1, 0.15) is 12.6 Å². The van der Waals surface area contributed by atoms with E-state index in [-0.39, 0.29) is 24.3 Å². The minimum Gasteiger partial charge on any atom is -0.356 e. The van der Waals surface area contributed by atoms with E-state index in [1.165, 1.54) is 25.7 Å². The van der Waals surface area contributed by atoms with Crippen molar-refractivity contribution >= 4 is 11.9 Å². The molecule has 0 aromatic rings. The number of nitrogens with one attached hydrogen (secondary N) is 2. The number of carbonyl (C=O) groups is 1. The molecule has 1 aliphatic heterocycles. The lowest BCUT2D eigenvalue weighted by Crippen LogP contribution is -2.43. The Balaban J connectivity index is 1.83. The van der Waals surface area contributed by atoms with E-state index in [0.29, 0.717) is 19.1 Å². The van der Waals surface area contributed by atoms with E-state index in [2.05, 4.69) is 22.5 Å². The molecule has 1 saturated carbocycles. The van der Waals surface area contributed by atoms with Gasteiger partial charge in [0.05, 0.1) is 6.61 Å². The number of hydrogen-bond acceptors (Lipinski definition) is 4. The number of unbranched alkanes of at least 4 members (excludes halogenated alkanes) is 1. The molecule has 0 aromatic carbocycles. The molecule has 7 heteroatoms. The van der Waals surface area contributed by atoms with Gasteiger partial charge in [0.25, 0.3) is 0 Å². The van der Waals surface area contributed by atoms with Crippen LogP contribution in [0.15, 0.2) is 4.99 Å². The van der Waals surface area contributed by atoms with E-state index >= 15 is 0 Å². The van der Waals surface area contributed by atoms with E-state index < -0.39 is 0 Å². The Bertz CT molecular complexity index is 460. The molecule has 1 amide bonds. The van der Waals surface area contributed by atoms with Crippen LogP contribution in [0.5, 0.6) is 0 Å². The van der Waals surface area contributed by atoms with Gasteiger partial charge in [-0.15, -0.1) is 0 Å².